The number of ketones is 1. The Morgan fingerprint density at radius 3 is 2.25 bits per heavy atom. The summed E-state index contributed by atoms with van der Waals surface area (Å²) in [5.74, 6) is 0.203. The number of para-hydroxylation sites is 1. The van der Waals surface area contributed by atoms with Crippen LogP contribution in [-0.4, -0.2) is 42.9 Å². The van der Waals surface area contributed by atoms with Gasteiger partial charge in [-0.25, -0.2) is 0 Å². The van der Waals surface area contributed by atoms with Crippen molar-refractivity contribution in [1.82, 2.24) is 4.98 Å². The summed E-state index contributed by atoms with van der Waals surface area (Å²) in [5, 5.41) is 1.01. The molecule has 0 aliphatic carbocycles. The van der Waals surface area contributed by atoms with Crippen LogP contribution in [0.3, 0.4) is 0 Å². The van der Waals surface area contributed by atoms with E-state index >= 15 is 0 Å². The first-order valence-corrected chi connectivity index (χ1v) is 7.95. The van der Waals surface area contributed by atoms with Gasteiger partial charge in [-0.1, -0.05) is 48.5 Å². The number of aromatic amines is 1. The van der Waals surface area contributed by atoms with Crippen molar-refractivity contribution in [2.45, 2.75) is 6.42 Å². The highest BCUT2D eigenvalue weighted by Crippen LogP contribution is 2.31. The average molecular weight is 434 g/mol. The lowest BCUT2D eigenvalue weighted by Crippen LogP contribution is -3.00. The molecule has 0 radical (unpaired) electrons. The highest BCUT2D eigenvalue weighted by Gasteiger charge is 2.21. The van der Waals surface area contributed by atoms with Crippen LogP contribution in [0, 0.1) is 0 Å². The van der Waals surface area contributed by atoms with Crippen molar-refractivity contribution in [1.29, 1.82) is 0 Å². The average Bonchev–Trinajstić information content (AvgIpc) is 2.92. The van der Waals surface area contributed by atoms with Gasteiger partial charge in [0, 0.05) is 10.9 Å². The number of nitrogens with one attached hydrogen (secondary N) is 1. The molecule has 0 aliphatic rings. The molecule has 0 saturated carbocycles. The van der Waals surface area contributed by atoms with Crippen molar-refractivity contribution < 1.29 is 33.3 Å². The number of carbonyl (C=O) groups is 1. The summed E-state index contributed by atoms with van der Waals surface area (Å²) in [6.07, 6.45) is 0.547. The largest absolute Gasteiger partial charge is 1.00 e. The van der Waals surface area contributed by atoms with E-state index in [9.17, 15) is 4.79 Å². The minimum absolute atomic E-state index is 0. The van der Waals surface area contributed by atoms with Gasteiger partial charge in [-0.05, 0) is 11.6 Å². The number of nitrogens with zero attached hydrogens (tertiary/aromatic N) is 1. The molecule has 4 heteroatoms. The Hall–Kier alpha value is -1.66. The van der Waals surface area contributed by atoms with Crippen LogP contribution < -0.4 is 24.0 Å². The molecule has 1 N–H and O–H groups in total. The third-order valence-corrected chi connectivity index (χ3v) is 4.06. The molecule has 24 heavy (non-hydrogen) atoms. The lowest BCUT2D eigenvalue weighted by atomic mass is 10.00. The van der Waals surface area contributed by atoms with Crippen LogP contribution in [-0.2, 0) is 0 Å². The first-order chi connectivity index (χ1) is 11.0. The normalized spacial score (nSPS) is 11.3. The molecule has 2 aromatic carbocycles. The second-order valence-corrected chi connectivity index (χ2v) is 6.97. The summed E-state index contributed by atoms with van der Waals surface area (Å²) in [7, 11) is 6.34. The lowest BCUT2D eigenvalue weighted by molar-refractivity contribution is -0.869. The SMILES string of the molecule is C[N+](C)(C)CCC(=O)c1c(-c2ccccc2)[nH]c2ccccc12.[I-]. The molecule has 126 valence electrons. The number of H-pyrrole nitrogens is 1. The molecule has 3 nitrogen and oxygen atoms in total. The summed E-state index contributed by atoms with van der Waals surface area (Å²) in [6.45, 7) is 0.826. The zero-order valence-electron chi connectivity index (χ0n) is 14.3. The van der Waals surface area contributed by atoms with Crippen LogP contribution >= 0.6 is 0 Å². The van der Waals surface area contributed by atoms with Crippen LogP contribution in [0.5, 0.6) is 0 Å². The van der Waals surface area contributed by atoms with Crippen LogP contribution in [0.4, 0.5) is 0 Å². The van der Waals surface area contributed by atoms with Crippen molar-refractivity contribution in [3.63, 3.8) is 0 Å². The molecule has 0 spiro atoms. The summed E-state index contributed by atoms with van der Waals surface area (Å²) in [6, 6.07) is 18.1. The number of halogens is 1. The number of rotatable bonds is 5. The zero-order valence-corrected chi connectivity index (χ0v) is 16.5. The number of carbonyl (C=O) groups excluding carboxylic acids is 1. The van der Waals surface area contributed by atoms with E-state index < -0.39 is 0 Å². The van der Waals surface area contributed by atoms with Crippen molar-refractivity contribution >= 4 is 16.7 Å². The number of aromatic nitrogens is 1. The van der Waals surface area contributed by atoms with Crippen molar-refractivity contribution in [2.75, 3.05) is 27.7 Å². The highest BCUT2D eigenvalue weighted by molar-refractivity contribution is 6.13. The monoisotopic (exact) mass is 434 g/mol. The minimum Gasteiger partial charge on any atom is -1.00 e. The predicted molar refractivity (Wildman–Crippen MR) is 95.6 cm³/mol. The van der Waals surface area contributed by atoms with E-state index in [1.54, 1.807) is 0 Å². The van der Waals surface area contributed by atoms with E-state index in [1.165, 1.54) is 0 Å². The molecule has 1 aromatic heterocycles. The van der Waals surface area contributed by atoms with E-state index in [1.807, 2.05) is 54.6 Å². The number of fused-ring (bicyclic) bond motifs is 1. The summed E-state index contributed by atoms with van der Waals surface area (Å²) in [4.78, 5) is 16.4. The Morgan fingerprint density at radius 2 is 1.58 bits per heavy atom. The van der Waals surface area contributed by atoms with E-state index in [0.29, 0.717) is 6.42 Å². The van der Waals surface area contributed by atoms with Crippen molar-refractivity contribution in [2.24, 2.45) is 0 Å². The fourth-order valence-electron chi connectivity index (χ4n) is 2.81. The standard InChI is InChI=1S/C20H22N2O.HI/c1-22(2,3)14-13-18(23)19-16-11-7-8-12-17(16)21-20(19)15-9-5-4-6-10-15;/h4-12H,13-14H2,1-3H3;1H. The predicted octanol–water partition coefficient (Wildman–Crippen LogP) is 1.12. The van der Waals surface area contributed by atoms with Gasteiger partial charge in [0.25, 0.3) is 0 Å². The molecule has 0 saturated heterocycles. The quantitative estimate of drug-likeness (QED) is 0.365. The summed E-state index contributed by atoms with van der Waals surface area (Å²) in [5.41, 5.74) is 3.82. The van der Waals surface area contributed by atoms with E-state index in [2.05, 4.69) is 26.1 Å². The number of hydrogen-bond acceptors (Lipinski definition) is 1. The molecule has 0 bridgehead atoms. The van der Waals surface area contributed by atoms with Gasteiger partial charge in [0.05, 0.1) is 45.4 Å². The Bertz CT molecular complexity index is 832. The maximum atomic E-state index is 12.9. The molecule has 0 unspecified atom stereocenters. The Labute approximate surface area is 160 Å². The van der Waals surface area contributed by atoms with Gasteiger partial charge in [0.2, 0.25) is 0 Å². The first-order valence-electron chi connectivity index (χ1n) is 7.95. The highest BCUT2D eigenvalue weighted by atomic mass is 127. The fraction of sp³-hybridized carbons (Fsp3) is 0.250. The van der Waals surface area contributed by atoms with Gasteiger partial charge in [-0.2, -0.15) is 0 Å². The van der Waals surface area contributed by atoms with Gasteiger partial charge < -0.3 is 33.4 Å². The molecule has 0 atom stereocenters. The topological polar surface area (TPSA) is 32.9 Å². The van der Waals surface area contributed by atoms with E-state index in [-0.39, 0.29) is 29.8 Å². The van der Waals surface area contributed by atoms with Crippen LogP contribution in [0.2, 0.25) is 0 Å². The molecule has 0 fully saturated rings. The maximum absolute atomic E-state index is 12.9. The Morgan fingerprint density at radius 1 is 0.958 bits per heavy atom. The molecule has 3 rings (SSSR count). The molecule has 0 aliphatic heterocycles. The van der Waals surface area contributed by atoms with E-state index in [4.69, 9.17) is 0 Å². The second kappa shape index (κ2) is 7.49. The van der Waals surface area contributed by atoms with Crippen LogP contribution in [0.15, 0.2) is 54.6 Å². The van der Waals surface area contributed by atoms with Gasteiger partial charge in [0.1, 0.15) is 0 Å². The number of quaternary nitrogens is 1. The Kier molecular flexibility index (Phi) is 5.83. The molecular weight excluding hydrogens is 411 g/mol. The third kappa shape index (κ3) is 4.05. The molecule has 1 heterocycles. The minimum atomic E-state index is 0. The number of benzene rings is 2. The van der Waals surface area contributed by atoms with Gasteiger partial charge in [-0.3, -0.25) is 4.79 Å². The van der Waals surface area contributed by atoms with Gasteiger partial charge in [0.15, 0.2) is 5.78 Å². The number of Topliss-reactive ketones (excluding diaryl/α,β-unsaturated/α-hetero) is 1. The van der Waals surface area contributed by atoms with Crippen molar-refractivity contribution in [3.05, 3.63) is 60.2 Å². The maximum Gasteiger partial charge on any atom is 0.171 e. The van der Waals surface area contributed by atoms with Crippen LogP contribution in [0.1, 0.15) is 16.8 Å². The fourth-order valence-corrected chi connectivity index (χ4v) is 2.81. The lowest BCUT2D eigenvalue weighted by Gasteiger charge is -2.23. The smallest absolute Gasteiger partial charge is 0.171 e. The van der Waals surface area contributed by atoms with Gasteiger partial charge >= 0.3 is 0 Å². The molecule has 3 aromatic rings. The Balaban J connectivity index is 0.00000208. The van der Waals surface area contributed by atoms with Crippen LogP contribution in [0.25, 0.3) is 22.2 Å². The number of hydrogen-bond donors (Lipinski definition) is 1. The summed E-state index contributed by atoms with van der Waals surface area (Å²) >= 11 is 0. The molecular formula is C20H23IN2O. The van der Waals surface area contributed by atoms with Crippen molar-refractivity contribution in [3.8, 4) is 11.3 Å². The zero-order chi connectivity index (χ0) is 16.4. The summed E-state index contributed by atoms with van der Waals surface area (Å²) < 4.78 is 0.786. The van der Waals surface area contributed by atoms with Gasteiger partial charge in [-0.15, -0.1) is 0 Å². The third-order valence-electron chi connectivity index (χ3n) is 4.06. The van der Waals surface area contributed by atoms with E-state index in [0.717, 1.165) is 38.8 Å². The first kappa shape index (κ1) is 18.7. The second-order valence-electron chi connectivity index (χ2n) is 6.97. The molecule has 0 amide bonds.